The number of rotatable bonds is 7. The van der Waals surface area contributed by atoms with Gasteiger partial charge in [-0.2, -0.15) is 0 Å². The first-order valence-electron chi connectivity index (χ1n) is 17.7. The molecule has 9 atom stereocenters. The summed E-state index contributed by atoms with van der Waals surface area (Å²) in [5, 5.41) is 9.31. The molecule has 2 bridgehead atoms. The number of piperidine rings is 1. The first kappa shape index (κ1) is 33.1. The second-order valence-electron chi connectivity index (χ2n) is 19.0. The van der Waals surface area contributed by atoms with Crippen molar-refractivity contribution in [3.8, 4) is 0 Å². The lowest BCUT2D eigenvalue weighted by molar-refractivity contribution is -0.199. The van der Waals surface area contributed by atoms with E-state index in [2.05, 4.69) is 50.6 Å². The molecule has 9 nitrogen and oxygen atoms in total. The summed E-state index contributed by atoms with van der Waals surface area (Å²) in [5.74, 6) is 1.41. The lowest BCUT2D eigenvalue weighted by Gasteiger charge is -2.64. The predicted octanol–water partition coefficient (Wildman–Crippen LogP) is 4.92. The number of hydrogen-bond donors (Lipinski definition) is 3. The van der Waals surface area contributed by atoms with Gasteiger partial charge in [0, 0.05) is 12.1 Å². The standard InChI is InChI=1S/C35H59BN4O5/c1-31(2,3)27(38-30(43)39-32(4,5)6)29(42)40-18-21-25(34(21,9)10)26(40)28(41)37-24(15-19-13-12-14-19)36-44-23-17-20-16-22(33(20,7)8)35(23,11)45-36/h19-27H,12-18H2,1-11H3,(H,37,41)(H2,38,39,43)/t20-,21-,22-,23+,24-,25-,26?,27+,35-/m0/s1. The third-order valence-corrected chi connectivity index (χ3v) is 13.1. The molecule has 7 rings (SSSR count). The van der Waals surface area contributed by atoms with Crippen molar-refractivity contribution in [3.05, 3.63) is 0 Å². The highest BCUT2D eigenvalue weighted by molar-refractivity contribution is 6.48. The zero-order valence-electron chi connectivity index (χ0n) is 29.7. The maximum atomic E-state index is 14.5. The molecule has 0 radical (unpaired) electrons. The van der Waals surface area contributed by atoms with E-state index < -0.39 is 30.2 Å². The van der Waals surface area contributed by atoms with Crippen LogP contribution in [0.1, 0.15) is 115 Å². The van der Waals surface area contributed by atoms with E-state index >= 15 is 0 Å². The molecule has 0 aromatic carbocycles. The van der Waals surface area contributed by atoms with Crippen LogP contribution in [-0.4, -0.2) is 71.7 Å². The van der Waals surface area contributed by atoms with Crippen molar-refractivity contribution in [3.63, 3.8) is 0 Å². The number of hydrogen-bond acceptors (Lipinski definition) is 5. The van der Waals surface area contributed by atoms with Gasteiger partial charge in [-0.15, -0.1) is 0 Å². The highest BCUT2D eigenvalue weighted by Crippen LogP contribution is 2.66. The normalized spacial score (nSPS) is 37.4. The average Bonchev–Trinajstić information content (AvgIpc) is 3.21. The first-order valence-corrected chi connectivity index (χ1v) is 17.7. The molecule has 2 aliphatic heterocycles. The summed E-state index contributed by atoms with van der Waals surface area (Å²) < 4.78 is 13.6. The minimum Gasteiger partial charge on any atom is -0.404 e. The van der Waals surface area contributed by atoms with Gasteiger partial charge in [-0.05, 0) is 92.8 Å². The number of carbonyl (C=O) groups is 3. The molecule has 3 N–H and O–H groups in total. The molecule has 1 unspecified atom stereocenters. The van der Waals surface area contributed by atoms with Gasteiger partial charge in [-0.25, -0.2) is 4.79 Å². The highest BCUT2D eigenvalue weighted by atomic mass is 16.7. The second-order valence-corrected chi connectivity index (χ2v) is 19.0. The number of fused-ring (bicyclic) bond motifs is 1. The zero-order valence-corrected chi connectivity index (χ0v) is 29.7. The van der Waals surface area contributed by atoms with E-state index in [1.807, 2.05) is 41.5 Å². The topological polar surface area (TPSA) is 109 Å². The number of nitrogens with zero attached hydrogens (tertiary/aromatic N) is 1. The smallest absolute Gasteiger partial charge is 0.404 e. The fraction of sp³-hybridized carbons (Fsp3) is 0.914. The van der Waals surface area contributed by atoms with E-state index in [9.17, 15) is 14.4 Å². The van der Waals surface area contributed by atoms with Crippen LogP contribution in [0.5, 0.6) is 0 Å². The van der Waals surface area contributed by atoms with Crippen molar-refractivity contribution in [1.29, 1.82) is 0 Å². The molecule has 2 saturated heterocycles. The molecule has 45 heavy (non-hydrogen) atoms. The van der Waals surface area contributed by atoms with Gasteiger partial charge in [-0.1, -0.05) is 67.7 Å². The molecule has 5 saturated carbocycles. The minimum atomic E-state index is -0.777. The molecular weight excluding hydrogens is 567 g/mol. The SMILES string of the molecule is CC(C)(C)NC(=O)N[C@H](C(=O)N1C[C@H]2[C@@H](C1C(=O)N[C@@H](CC1CCC1)B1O[C@@H]3C[C@@H]4C[C@@H](C4(C)C)[C@]3(C)O1)C2(C)C)C(C)(C)C. The van der Waals surface area contributed by atoms with Crippen molar-refractivity contribution in [2.75, 3.05) is 6.54 Å². The summed E-state index contributed by atoms with van der Waals surface area (Å²) in [6.45, 7) is 23.5. The maximum Gasteiger partial charge on any atom is 0.481 e. The van der Waals surface area contributed by atoms with Gasteiger partial charge in [0.25, 0.3) is 0 Å². The van der Waals surface area contributed by atoms with Crippen LogP contribution in [0.2, 0.25) is 0 Å². The van der Waals surface area contributed by atoms with Gasteiger partial charge in [0.1, 0.15) is 12.1 Å². The third-order valence-electron chi connectivity index (χ3n) is 13.1. The predicted molar refractivity (Wildman–Crippen MR) is 175 cm³/mol. The van der Waals surface area contributed by atoms with Crippen LogP contribution in [0.3, 0.4) is 0 Å². The lowest BCUT2D eigenvalue weighted by atomic mass is 9.43. The van der Waals surface area contributed by atoms with Gasteiger partial charge in [0.15, 0.2) is 0 Å². The Bertz CT molecular complexity index is 1220. The van der Waals surface area contributed by atoms with Crippen LogP contribution in [0, 0.1) is 45.8 Å². The van der Waals surface area contributed by atoms with Crippen LogP contribution in [0.15, 0.2) is 0 Å². The van der Waals surface area contributed by atoms with E-state index in [4.69, 9.17) is 9.31 Å². The van der Waals surface area contributed by atoms with Crippen molar-refractivity contribution < 1.29 is 23.7 Å². The van der Waals surface area contributed by atoms with Crippen molar-refractivity contribution in [2.24, 2.45) is 45.8 Å². The molecular formula is C35H59BN4O5. The van der Waals surface area contributed by atoms with Gasteiger partial charge in [-0.3, -0.25) is 9.59 Å². The van der Waals surface area contributed by atoms with Gasteiger partial charge < -0.3 is 30.2 Å². The molecule has 0 aromatic rings. The minimum absolute atomic E-state index is 0.0220. The Morgan fingerprint density at radius 1 is 0.956 bits per heavy atom. The lowest BCUT2D eigenvalue weighted by Crippen LogP contribution is -2.65. The highest BCUT2D eigenvalue weighted by Gasteiger charge is 2.71. The van der Waals surface area contributed by atoms with E-state index in [1.165, 1.54) is 25.7 Å². The average molecular weight is 627 g/mol. The third kappa shape index (κ3) is 5.61. The van der Waals surface area contributed by atoms with E-state index in [-0.39, 0.29) is 58.2 Å². The van der Waals surface area contributed by atoms with Crippen LogP contribution in [0.25, 0.3) is 0 Å². The van der Waals surface area contributed by atoms with E-state index in [1.54, 1.807) is 4.90 Å². The summed E-state index contributed by atoms with van der Waals surface area (Å²) in [6.07, 6.45) is 6.63. The Kier molecular flexibility index (Phi) is 7.80. The van der Waals surface area contributed by atoms with Gasteiger partial charge in [0.2, 0.25) is 11.8 Å². The Morgan fingerprint density at radius 2 is 1.62 bits per heavy atom. The van der Waals surface area contributed by atoms with Crippen LogP contribution in [0.4, 0.5) is 4.79 Å². The van der Waals surface area contributed by atoms with Crippen LogP contribution >= 0.6 is 0 Å². The van der Waals surface area contributed by atoms with E-state index in [0.29, 0.717) is 24.3 Å². The zero-order chi connectivity index (χ0) is 33.1. The number of amides is 4. The molecule has 0 aromatic heterocycles. The Hall–Kier alpha value is -1.81. The Balaban J connectivity index is 1.22. The molecule has 4 amide bonds. The summed E-state index contributed by atoms with van der Waals surface area (Å²) in [7, 11) is -0.488. The molecule has 252 valence electrons. The first-order chi connectivity index (χ1) is 20.6. The fourth-order valence-corrected chi connectivity index (χ4v) is 9.80. The van der Waals surface area contributed by atoms with Crippen LogP contribution < -0.4 is 16.0 Å². The van der Waals surface area contributed by atoms with Crippen molar-refractivity contribution in [2.45, 2.75) is 150 Å². The molecule has 7 fully saturated rings. The summed E-state index contributed by atoms with van der Waals surface area (Å²) in [5.41, 5.74) is -1.11. The number of urea groups is 1. The molecule has 7 aliphatic rings. The molecule has 2 heterocycles. The summed E-state index contributed by atoms with van der Waals surface area (Å²) in [4.78, 5) is 43.5. The van der Waals surface area contributed by atoms with E-state index in [0.717, 1.165) is 12.8 Å². The second kappa shape index (κ2) is 10.6. The summed E-state index contributed by atoms with van der Waals surface area (Å²) >= 11 is 0. The molecule has 10 heteroatoms. The van der Waals surface area contributed by atoms with Crippen molar-refractivity contribution >= 4 is 25.0 Å². The van der Waals surface area contributed by atoms with Gasteiger partial charge >= 0.3 is 13.1 Å². The number of carbonyl (C=O) groups excluding carboxylic acids is 3. The van der Waals surface area contributed by atoms with Gasteiger partial charge in [0.05, 0.1) is 17.6 Å². The Labute approximate surface area is 271 Å². The monoisotopic (exact) mass is 626 g/mol. The quantitative estimate of drug-likeness (QED) is 0.348. The maximum absolute atomic E-state index is 14.5. The van der Waals surface area contributed by atoms with Crippen LogP contribution in [-0.2, 0) is 18.9 Å². The number of nitrogens with one attached hydrogen (secondary N) is 3. The Morgan fingerprint density at radius 3 is 2.18 bits per heavy atom. The van der Waals surface area contributed by atoms with Crippen molar-refractivity contribution in [1.82, 2.24) is 20.9 Å². The molecule has 5 aliphatic carbocycles. The fourth-order valence-electron chi connectivity index (χ4n) is 9.80. The molecule has 0 spiro atoms. The summed E-state index contributed by atoms with van der Waals surface area (Å²) in [6, 6.07) is -1.75. The largest absolute Gasteiger partial charge is 0.481 e. The number of likely N-dealkylation sites (tertiary alicyclic amines) is 1.